The highest BCUT2D eigenvalue weighted by atomic mass is 16.5. The Kier molecular flexibility index (Phi) is 2.94. The second-order valence-corrected chi connectivity index (χ2v) is 4.74. The molecule has 1 aliphatic carbocycles. The van der Waals surface area contributed by atoms with E-state index < -0.39 is 0 Å². The third-order valence-electron chi connectivity index (χ3n) is 3.45. The summed E-state index contributed by atoms with van der Waals surface area (Å²) in [5.41, 5.74) is 9.21. The molecule has 19 heavy (non-hydrogen) atoms. The van der Waals surface area contributed by atoms with Crippen molar-refractivity contribution in [1.29, 1.82) is 5.26 Å². The number of ether oxygens (including phenoxy) is 1. The van der Waals surface area contributed by atoms with Gasteiger partial charge in [0.15, 0.2) is 0 Å². The van der Waals surface area contributed by atoms with Crippen molar-refractivity contribution in [2.75, 3.05) is 0 Å². The number of hydrogen-bond donors (Lipinski definition) is 1. The van der Waals surface area contributed by atoms with Gasteiger partial charge in [-0.15, -0.1) is 0 Å². The fourth-order valence-corrected chi connectivity index (χ4v) is 2.49. The van der Waals surface area contributed by atoms with Gasteiger partial charge in [0.05, 0.1) is 11.6 Å². The molecule has 0 saturated heterocycles. The molecule has 2 unspecified atom stereocenters. The first-order valence-corrected chi connectivity index (χ1v) is 6.28. The first kappa shape index (κ1) is 11.8. The molecule has 0 amide bonds. The van der Waals surface area contributed by atoms with E-state index in [-0.39, 0.29) is 12.1 Å². The van der Waals surface area contributed by atoms with Gasteiger partial charge < -0.3 is 10.5 Å². The average molecular weight is 250 g/mol. The Balaban J connectivity index is 1.85. The summed E-state index contributed by atoms with van der Waals surface area (Å²) >= 11 is 0. The van der Waals surface area contributed by atoms with Crippen LogP contribution in [0.1, 0.15) is 22.8 Å². The zero-order valence-corrected chi connectivity index (χ0v) is 10.4. The Bertz CT molecular complexity index is 628. The van der Waals surface area contributed by atoms with Crippen molar-refractivity contribution < 1.29 is 4.74 Å². The second kappa shape index (κ2) is 4.75. The summed E-state index contributed by atoms with van der Waals surface area (Å²) in [5.74, 6) is 0.746. The van der Waals surface area contributed by atoms with Crippen LogP contribution in [0.25, 0.3) is 0 Å². The van der Waals surface area contributed by atoms with E-state index >= 15 is 0 Å². The number of rotatable bonds is 2. The van der Waals surface area contributed by atoms with Gasteiger partial charge in [-0.1, -0.05) is 24.3 Å². The predicted molar refractivity (Wildman–Crippen MR) is 72.6 cm³/mol. The lowest BCUT2D eigenvalue weighted by Crippen LogP contribution is -2.28. The van der Waals surface area contributed by atoms with Gasteiger partial charge in [0.25, 0.3) is 0 Å². The molecule has 1 aliphatic rings. The molecule has 0 fully saturated rings. The molecule has 3 heteroatoms. The Hall–Kier alpha value is -2.31. The molecule has 0 bridgehead atoms. The summed E-state index contributed by atoms with van der Waals surface area (Å²) in [5, 5.41) is 8.77. The van der Waals surface area contributed by atoms with E-state index in [1.54, 1.807) is 12.1 Å². The number of benzene rings is 2. The standard InChI is InChI=1S/C16H14N2O/c17-10-11-5-7-13(8-6-11)19-16-14-4-2-1-3-12(14)9-15(16)18/h1-8,15-16H,9,18H2. The third kappa shape index (κ3) is 2.18. The summed E-state index contributed by atoms with van der Waals surface area (Å²) in [7, 11) is 0. The Morgan fingerprint density at radius 1 is 1.11 bits per heavy atom. The smallest absolute Gasteiger partial charge is 0.139 e. The van der Waals surface area contributed by atoms with Crippen LogP contribution < -0.4 is 10.5 Å². The minimum Gasteiger partial charge on any atom is -0.484 e. The van der Waals surface area contributed by atoms with Crippen LogP contribution in [0.3, 0.4) is 0 Å². The van der Waals surface area contributed by atoms with Gasteiger partial charge in [-0.3, -0.25) is 0 Å². The lowest BCUT2D eigenvalue weighted by atomic mass is 10.1. The molecule has 94 valence electrons. The van der Waals surface area contributed by atoms with E-state index in [1.165, 1.54) is 11.1 Å². The summed E-state index contributed by atoms with van der Waals surface area (Å²) in [6.45, 7) is 0. The van der Waals surface area contributed by atoms with E-state index in [4.69, 9.17) is 15.7 Å². The Morgan fingerprint density at radius 3 is 2.58 bits per heavy atom. The van der Waals surface area contributed by atoms with Crippen molar-refractivity contribution in [2.24, 2.45) is 5.73 Å². The predicted octanol–water partition coefficient (Wildman–Crippen LogP) is 2.56. The van der Waals surface area contributed by atoms with Gasteiger partial charge in [-0.25, -0.2) is 0 Å². The van der Waals surface area contributed by atoms with Crippen LogP contribution in [0.2, 0.25) is 0 Å². The highest BCUT2D eigenvalue weighted by molar-refractivity contribution is 5.39. The van der Waals surface area contributed by atoms with Crippen LogP contribution in [0.15, 0.2) is 48.5 Å². The highest BCUT2D eigenvalue weighted by Gasteiger charge is 2.31. The molecule has 2 atom stereocenters. The molecule has 0 saturated carbocycles. The first-order chi connectivity index (χ1) is 9.28. The second-order valence-electron chi connectivity index (χ2n) is 4.74. The van der Waals surface area contributed by atoms with E-state index in [9.17, 15) is 0 Å². The van der Waals surface area contributed by atoms with E-state index in [1.807, 2.05) is 24.3 Å². The Labute approximate surface area is 112 Å². The number of hydrogen-bond acceptors (Lipinski definition) is 3. The third-order valence-corrected chi connectivity index (χ3v) is 3.45. The van der Waals surface area contributed by atoms with E-state index in [0.29, 0.717) is 5.56 Å². The van der Waals surface area contributed by atoms with E-state index in [2.05, 4.69) is 18.2 Å². The van der Waals surface area contributed by atoms with Crippen molar-refractivity contribution >= 4 is 0 Å². The van der Waals surface area contributed by atoms with Crippen LogP contribution >= 0.6 is 0 Å². The summed E-state index contributed by atoms with van der Waals surface area (Å²) in [6.07, 6.45) is 0.737. The van der Waals surface area contributed by atoms with Crippen LogP contribution in [0, 0.1) is 11.3 Å². The zero-order chi connectivity index (χ0) is 13.2. The van der Waals surface area contributed by atoms with E-state index in [0.717, 1.165) is 12.2 Å². The molecule has 3 rings (SSSR count). The minimum absolute atomic E-state index is 0.0203. The first-order valence-electron chi connectivity index (χ1n) is 6.28. The molecule has 0 aliphatic heterocycles. The number of nitrogens with zero attached hydrogens (tertiary/aromatic N) is 1. The maximum atomic E-state index is 8.77. The van der Waals surface area contributed by atoms with Gasteiger partial charge in [-0.2, -0.15) is 5.26 Å². The quantitative estimate of drug-likeness (QED) is 0.891. The molecule has 2 aromatic carbocycles. The maximum absolute atomic E-state index is 8.77. The molecule has 0 radical (unpaired) electrons. The fourth-order valence-electron chi connectivity index (χ4n) is 2.49. The highest BCUT2D eigenvalue weighted by Crippen LogP contribution is 2.34. The SMILES string of the molecule is N#Cc1ccc(OC2c3ccccc3CC2N)cc1. The van der Waals surface area contributed by atoms with Crippen molar-refractivity contribution in [3.05, 3.63) is 65.2 Å². The number of nitriles is 1. The molecule has 2 N–H and O–H groups in total. The van der Waals surface area contributed by atoms with Gasteiger partial charge >= 0.3 is 0 Å². The normalized spacial score (nSPS) is 20.6. The van der Waals surface area contributed by atoms with Crippen LogP contribution in [-0.2, 0) is 6.42 Å². The molecular formula is C16H14N2O. The molecule has 0 aromatic heterocycles. The minimum atomic E-state index is -0.107. The van der Waals surface area contributed by atoms with Crippen molar-refractivity contribution in [3.8, 4) is 11.8 Å². The molecule has 0 spiro atoms. The van der Waals surface area contributed by atoms with Crippen LogP contribution in [0.5, 0.6) is 5.75 Å². The number of nitrogens with two attached hydrogens (primary N) is 1. The topological polar surface area (TPSA) is 59.0 Å². The maximum Gasteiger partial charge on any atom is 0.139 e. The van der Waals surface area contributed by atoms with Gasteiger partial charge in [-0.05, 0) is 41.8 Å². The zero-order valence-electron chi connectivity index (χ0n) is 10.4. The van der Waals surface area contributed by atoms with Gasteiger partial charge in [0.2, 0.25) is 0 Å². The lowest BCUT2D eigenvalue weighted by Gasteiger charge is -2.19. The molecule has 3 nitrogen and oxygen atoms in total. The average Bonchev–Trinajstić information content (AvgIpc) is 2.76. The lowest BCUT2D eigenvalue weighted by molar-refractivity contribution is 0.186. The summed E-state index contributed by atoms with van der Waals surface area (Å²) < 4.78 is 5.98. The molecule has 0 heterocycles. The Morgan fingerprint density at radius 2 is 1.84 bits per heavy atom. The molecule has 2 aromatic rings. The van der Waals surface area contributed by atoms with Crippen molar-refractivity contribution in [1.82, 2.24) is 0 Å². The fraction of sp³-hybridized carbons (Fsp3) is 0.188. The van der Waals surface area contributed by atoms with Crippen LogP contribution in [0.4, 0.5) is 0 Å². The van der Waals surface area contributed by atoms with Crippen molar-refractivity contribution in [3.63, 3.8) is 0 Å². The summed E-state index contributed by atoms with van der Waals surface area (Å²) in [6, 6.07) is 17.4. The monoisotopic (exact) mass is 250 g/mol. The molecular weight excluding hydrogens is 236 g/mol. The number of fused-ring (bicyclic) bond motifs is 1. The van der Waals surface area contributed by atoms with Crippen molar-refractivity contribution in [2.45, 2.75) is 18.6 Å². The van der Waals surface area contributed by atoms with Crippen LogP contribution in [-0.4, -0.2) is 6.04 Å². The van der Waals surface area contributed by atoms with Gasteiger partial charge in [0, 0.05) is 6.04 Å². The largest absolute Gasteiger partial charge is 0.484 e. The van der Waals surface area contributed by atoms with Gasteiger partial charge in [0.1, 0.15) is 11.9 Å². The summed E-state index contributed by atoms with van der Waals surface area (Å²) in [4.78, 5) is 0.